The van der Waals surface area contributed by atoms with Crippen LogP contribution in [-0.2, 0) is 0 Å². The molecule has 0 saturated carbocycles. The maximum Gasteiger partial charge on any atom is 0.198 e. The van der Waals surface area contributed by atoms with E-state index in [1.807, 2.05) is 39.8 Å². The Bertz CT molecular complexity index is 1120. The first-order chi connectivity index (χ1) is 15.4. The third kappa shape index (κ3) is 4.52. The maximum absolute atomic E-state index is 13.0. The van der Waals surface area contributed by atoms with Crippen LogP contribution in [0.4, 0.5) is 5.69 Å². The Morgan fingerprint density at radius 1 is 0.812 bits per heavy atom. The molecule has 0 heterocycles. The van der Waals surface area contributed by atoms with E-state index >= 15 is 0 Å². The van der Waals surface area contributed by atoms with Gasteiger partial charge in [-0.05, 0) is 23.6 Å². The fourth-order valence-corrected chi connectivity index (χ4v) is 3.41. The molecular weight excluding hydrogens is 402 g/mol. The number of hydrogen-bond donors (Lipinski definition) is 2. The Labute approximate surface area is 189 Å². The quantitative estimate of drug-likeness (QED) is 0.276. The summed E-state index contributed by atoms with van der Waals surface area (Å²) in [5.74, 6) is -0.123. The van der Waals surface area contributed by atoms with Gasteiger partial charge in [0, 0.05) is 17.2 Å². The first-order valence-corrected chi connectivity index (χ1v) is 11.0. The van der Waals surface area contributed by atoms with E-state index in [1.54, 1.807) is 36.4 Å². The van der Waals surface area contributed by atoms with Crippen molar-refractivity contribution in [3.63, 3.8) is 0 Å². The summed E-state index contributed by atoms with van der Waals surface area (Å²) in [5, 5.41) is 10.5. The van der Waals surface area contributed by atoms with Crippen LogP contribution in [0, 0.1) is 0 Å². The first kappa shape index (κ1) is 24.7. The summed E-state index contributed by atoms with van der Waals surface area (Å²) < 4.78 is 5.81. The molecule has 5 nitrogen and oxygen atoms in total. The van der Waals surface area contributed by atoms with Gasteiger partial charge in [0.15, 0.2) is 17.3 Å². The number of aromatic hydroxyl groups is 1. The zero-order chi connectivity index (χ0) is 24.0. The van der Waals surface area contributed by atoms with Gasteiger partial charge >= 0.3 is 0 Å². The fourth-order valence-electron chi connectivity index (χ4n) is 3.41. The summed E-state index contributed by atoms with van der Waals surface area (Å²) in [7, 11) is 0. The fraction of sp³-hybridized carbons (Fsp3) is 0.259. The Morgan fingerprint density at radius 3 is 1.81 bits per heavy atom. The van der Waals surface area contributed by atoms with Crippen molar-refractivity contribution < 1.29 is 19.4 Å². The lowest BCUT2D eigenvalue weighted by atomic mass is 9.82. The van der Waals surface area contributed by atoms with Crippen molar-refractivity contribution in [3.05, 3.63) is 82.4 Å². The van der Waals surface area contributed by atoms with Crippen LogP contribution in [0.5, 0.6) is 17.2 Å². The largest absolute Gasteiger partial charge is 0.507 e. The molecule has 3 aromatic carbocycles. The number of nitrogens with two attached hydrogens (primary N) is 1. The second-order valence-corrected chi connectivity index (χ2v) is 7.09. The molecule has 0 saturated heterocycles. The predicted molar refractivity (Wildman–Crippen MR) is 129 cm³/mol. The number of carbonyl (C=O) groups excluding carboxylic acids is 2. The average Bonchev–Trinajstić information content (AvgIpc) is 2.82. The minimum atomic E-state index is -0.428. The molecular formula is C27H31NO4. The van der Waals surface area contributed by atoms with Gasteiger partial charge < -0.3 is 15.6 Å². The zero-order valence-electron chi connectivity index (χ0n) is 19.5. The lowest BCUT2D eigenvalue weighted by Crippen LogP contribution is -2.22. The first-order valence-electron chi connectivity index (χ1n) is 11.0. The van der Waals surface area contributed by atoms with Gasteiger partial charge in [0.25, 0.3) is 0 Å². The molecule has 0 bridgehead atoms. The molecule has 0 aromatic heterocycles. The second kappa shape index (κ2) is 10.6. The molecule has 0 spiro atoms. The number of phenols is 1. The lowest BCUT2D eigenvalue weighted by molar-refractivity contribution is 0.0977. The number of anilines is 1. The minimum Gasteiger partial charge on any atom is -0.507 e. The van der Waals surface area contributed by atoms with Crippen molar-refractivity contribution in [3.8, 4) is 17.2 Å². The Kier molecular flexibility index (Phi) is 8.19. The Hall–Kier alpha value is -3.60. The second-order valence-electron chi connectivity index (χ2n) is 7.09. The number of carbonyl (C=O) groups is 2. The number of rotatable bonds is 3. The molecule has 0 aliphatic heterocycles. The highest BCUT2D eigenvalue weighted by Gasteiger charge is 2.35. The normalized spacial score (nSPS) is 11.5. The minimum absolute atomic E-state index is 0.0162. The number of phenolic OH excluding ortho intramolecular Hbond substituents is 1. The summed E-state index contributed by atoms with van der Waals surface area (Å²) in [6, 6.07) is 15.3. The van der Waals surface area contributed by atoms with Crippen LogP contribution in [0.1, 0.15) is 84.9 Å². The number of ketones is 2. The van der Waals surface area contributed by atoms with Crippen molar-refractivity contribution >= 4 is 17.3 Å². The molecule has 4 rings (SSSR count). The molecule has 1 aliphatic carbocycles. The summed E-state index contributed by atoms with van der Waals surface area (Å²) >= 11 is 0. The van der Waals surface area contributed by atoms with E-state index in [0.717, 1.165) is 5.56 Å². The van der Waals surface area contributed by atoms with Gasteiger partial charge in [-0.25, -0.2) is 0 Å². The maximum atomic E-state index is 13.0. The van der Waals surface area contributed by atoms with Gasteiger partial charge in [0.05, 0.1) is 16.8 Å². The van der Waals surface area contributed by atoms with Gasteiger partial charge in [-0.15, -0.1) is 0 Å². The standard InChI is InChI=1S/C23H19NO4.2C2H6/c1-12(2)13-7-9-14(10-8-13)28-18-11-17(25)19-20(21(18)24)23(27)16-6-4-3-5-15(16)22(19)26;2*1-2/h3-12,25H,24H2,1-2H3;2*1-2H3. The number of ether oxygens (including phenoxy) is 1. The summed E-state index contributed by atoms with van der Waals surface area (Å²) in [6.45, 7) is 12.2. The summed E-state index contributed by atoms with van der Waals surface area (Å²) in [5.41, 5.74) is 7.82. The van der Waals surface area contributed by atoms with Gasteiger partial charge in [-0.1, -0.05) is 77.9 Å². The summed E-state index contributed by atoms with van der Waals surface area (Å²) in [6.07, 6.45) is 0. The average molecular weight is 434 g/mol. The molecule has 3 N–H and O–H groups in total. The molecule has 3 aromatic rings. The van der Waals surface area contributed by atoms with Crippen molar-refractivity contribution in [2.24, 2.45) is 0 Å². The highest BCUT2D eigenvalue weighted by atomic mass is 16.5. The molecule has 168 valence electrons. The molecule has 0 radical (unpaired) electrons. The van der Waals surface area contributed by atoms with Crippen molar-refractivity contribution in [1.29, 1.82) is 0 Å². The van der Waals surface area contributed by atoms with E-state index < -0.39 is 11.6 Å². The highest BCUT2D eigenvalue weighted by Crippen LogP contribution is 2.42. The van der Waals surface area contributed by atoms with Gasteiger partial charge in [-0.2, -0.15) is 0 Å². The van der Waals surface area contributed by atoms with Crippen molar-refractivity contribution in [1.82, 2.24) is 0 Å². The van der Waals surface area contributed by atoms with E-state index in [0.29, 0.717) is 11.7 Å². The number of hydrogen-bond acceptors (Lipinski definition) is 5. The van der Waals surface area contributed by atoms with E-state index in [-0.39, 0.29) is 39.4 Å². The van der Waals surface area contributed by atoms with Crippen LogP contribution < -0.4 is 10.5 Å². The van der Waals surface area contributed by atoms with E-state index in [9.17, 15) is 14.7 Å². The highest BCUT2D eigenvalue weighted by molar-refractivity contribution is 6.31. The number of benzene rings is 3. The number of fused-ring (bicyclic) bond motifs is 2. The molecule has 0 unspecified atom stereocenters. The Balaban J connectivity index is 0.000000860. The lowest BCUT2D eigenvalue weighted by Gasteiger charge is -2.21. The molecule has 5 heteroatoms. The van der Waals surface area contributed by atoms with Crippen LogP contribution in [-0.4, -0.2) is 16.7 Å². The molecule has 0 atom stereocenters. The predicted octanol–water partition coefficient (Wildman–Crippen LogP) is 6.72. The molecule has 32 heavy (non-hydrogen) atoms. The van der Waals surface area contributed by atoms with Gasteiger partial charge in [0.2, 0.25) is 0 Å². The van der Waals surface area contributed by atoms with E-state index in [4.69, 9.17) is 10.5 Å². The van der Waals surface area contributed by atoms with Crippen LogP contribution in [0.25, 0.3) is 0 Å². The van der Waals surface area contributed by atoms with E-state index in [1.165, 1.54) is 6.07 Å². The third-order valence-corrected chi connectivity index (χ3v) is 4.95. The number of nitrogen functional groups attached to an aromatic ring is 1. The van der Waals surface area contributed by atoms with E-state index in [2.05, 4.69) is 13.8 Å². The van der Waals surface area contributed by atoms with Crippen molar-refractivity contribution in [2.45, 2.75) is 47.5 Å². The van der Waals surface area contributed by atoms with Gasteiger partial charge in [-0.3, -0.25) is 9.59 Å². The van der Waals surface area contributed by atoms with Crippen LogP contribution >= 0.6 is 0 Å². The smallest absolute Gasteiger partial charge is 0.198 e. The zero-order valence-corrected chi connectivity index (χ0v) is 19.5. The SMILES string of the molecule is CC.CC.CC(C)c1ccc(Oc2cc(O)c3c(c2N)C(=O)c2ccccc2C3=O)cc1. The monoisotopic (exact) mass is 433 g/mol. The van der Waals surface area contributed by atoms with Crippen LogP contribution in [0.15, 0.2) is 54.6 Å². The molecule has 1 aliphatic rings. The summed E-state index contributed by atoms with van der Waals surface area (Å²) in [4.78, 5) is 25.7. The van der Waals surface area contributed by atoms with Crippen LogP contribution in [0.3, 0.4) is 0 Å². The molecule has 0 amide bonds. The molecule has 0 fully saturated rings. The topological polar surface area (TPSA) is 89.6 Å². The van der Waals surface area contributed by atoms with Crippen LogP contribution in [0.2, 0.25) is 0 Å². The third-order valence-electron chi connectivity index (χ3n) is 4.95. The van der Waals surface area contributed by atoms with Crippen molar-refractivity contribution in [2.75, 3.05) is 5.73 Å². The Morgan fingerprint density at radius 2 is 1.31 bits per heavy atom. The van der Waals surface area contributed by atoms with Gasteiger partial charge in [0.1, 0.15) is 11.5 Å².